The molecule has 4 nitrogen and oxygen atoms in total. The standard InChI is InChI=1S/C15H13BrClNO3.2CH3.Sn/c1-2-21-13-5-3-4-9(14(13)19)8-18-12-7-10(17)6-11(16)15(12)20;;;/h3-8,19-20H,2H2,1H3;2*1H3;/q;;;+2/p-2. The molecule has 0 fully saturated rings. The van der Waals surface area contributed by atoms with E-state index in [1.54, 1.807) is 18.3 Å². The molecule has 1 aliphatic rings. The summed E-state index contributed by atoms with van der Waals surface area (Å²) < 4.78 is 19.1. The number of hydrogen-bond acceptors (Lipinski definition) is 4. The van der Waals surface area contributed by atoms with E-state index in [0.29, 0.717) is 34.6 Å². The number of ether oxygens (including phenoxy) is 1. The zero-order valence-electron chi connectivity index (χ0n) is 13.6. The van der Waals surface area contributed by atoms with Gasteiger partial charge in [-0.15, -0.1) is 0 Å². The van der Waals surface area contributed by atoms with Gasteiger partial charge in [-0.25, -0.2) is 0 Å². The molecule has 126 valence electrons. The molecule has 1 heterocycles. The number of rotatable bonds is 2. The number of hydrogen-bond donors (Lipinski definition) is 0. The Bertz CT molecular complexity index is 811. The first-order valence-electron chi connectivity index (χ1n) is 7.56. The van der Waals surface area contributed by atoms with Crippen LogP contribution in [0.25, 0.3) is 0 Å². The maximum atomic E-state index is 6.35. The molecule has 0 amide bonds. The summed E-state index contributed by atoms with van der Waals surface area (Å²) in [6.07, 6.45) is 1.76. The summed E-state index contributed by atoms with van der Waals surface area (Å²) in [6.45, 7) is 2.51. The van der Waals surface area contributed by atoms with Gasteiger partial charge in [0, 0.05) is 0 Å². The van der Waals surface area contributed by atoms with Gasteiger partial charge < -0.3 is 0 Å². The Morgan fingerprint density at radius 3 is 2.71 bits per heavy atom. The van der Waals surface area contributed by atoms with Crippen LogP contribution in [0.2, 0.25) is 14.9 Å². The number of benzene rings is 2. The third-order valence-electron chi connectivity index (χ3n) is 3.34. The van der Waals surface area contributed by atoms with E-state index in [9.17, 15) is 0 Å². The molecule has 0 spiro atoms. The molecule has 2 aromatic carbocycles. The van der Waals surface area contributed by atoms with Crippen molar-refractivity contribution in [3.8, 4) is 17.2 Å². The first-order valence-corrected chi connectivity index (χ1v) is 16.8. The van der Waals surface area contributed by atoms with Gasteiger partial charge in [-0.05, 0) is 0 Å². The molecule has 7 heteroatoms. The molecule has 0 aliphatic carbocycles. The van der Waals surface area contributed by atoms with Crippen molar-refractivity contribution in [2.75, 3.05) is 6.61 Å². The molecule has 0 saturated carbocycles. The molecule has 3 rings (SSSR count). The van der Waals surface area contributed by atoms with Crippen molar-refractivity contribution in [2.45, 2.75) is 16.8 Å². The van der Waals surface area contributed by atoms with Crippen LogP contribution in [0.1, 0.15) is 12.5 Å². The van der Waals surface area contributed by atoms with Gasteiger partial charge in [-0.3, -0.25) is 0 Å². The third kappa shape index (κ3) is 3.83. The number of halogens is 2. The second-order valence-electron chi connectivity index (χ2n) is 5.71. The van der Waals surface area contributed by atoms with Crippen molar-refractivity contribution in [3.63, 3.8) is 0 Å². The molecule has 0 N–H and O–H groups in total. The zero-order chi connectivity index (χ0) is 17.3. The first kappa shape index (κ1) is 17.9. The van der Waals surface area contributed by atoms with E-state index in [-0.39, 0.29) is 0 Å². The van der Waals surface area contributed by atoms with Gasteiger partial charge in [0.05, 0.1) is 0 Å². The molecular formula is C17H17BrClNO3Sn. The normalized spacial score (nSPS) is 15.0. The fourth-order valence-electron chi connectivity index (χ4n) is 2.41. The Hall–Kier alpha value is -0.921. The molecule has 1 aliphatic heterocycles. The minimum absolute atomic E-state index is 0.565. The molecule has 0 saturated heterocycles. The molecular weight excluding hydrogens is 500 g/mol. The summed E-state index contributed by atoms with van der Waals surface area (Å²) in [7, 11) is 0. The Morgan fingerprint density at radius 2 is 1.96 bits per heavy atom. The van der Waals surface area contributed by atoms with Crippen molar-refractivity contribution in [1.82, 2.24) is 0 Å². The molecule has 0 radical (unpaired) electrons. The van der Waals surface area contributed by atoms with Gasteiger partial charge in [0.15, 0.2) is 0 Å². The van der Waals surface area contributed by atoms with Crippen LogP contribution >= 0.6 is 27.5 Å². The monoisotopic (exact) mass is 517 g/mol. The predicted molar refractivity (Wildman–Crippen MR) is 103 cm³/mol. The SMILES string of the molecule is CCOc1cccc2c1[O][Sn]([CH3])([CH3])[O]c1c(Br)cc(Cl)cc1N=C2. The van der Waals surface area contributed by atoms with Crippen LogP contribution in [0.15, 0.2) is 39.8 Å². The van der Waals surface area contributed by atoms with Crippen molar-refractivity contribution >= 4 is 58.6 Å². The number of nitrogens with zero attached hydrogens (tertiary/aromatic N) is 1. The molecule has 24 heavy (non-hydrogen) atoms. The Morgan fingerprint density at radius 1 is 1.21 bits per heavy atom. The second-order valence-corrected chi connectivity index (χ2v) is 16.2. The zero-order valence-corrected chi connectivity index (χ0v) is 18.8. The van der Waals surface area contributed by atoms with Gasteiger partial charge in [-0.2, -0.15) is 0 Å². The van der Waals surface area contributed by atoms with Crippen LogP contribution < -0.4 is 10.9 Å². The van der Waals surface area contributed by atoms with Crippen molar-refractivity contribution in [1.29, 1.82) is 0 Å². The number of aliphatic imine (C=N–C) groups is 1. The van der Waals surface area contributed by atoms with Crippen LogP contribution in [0.3, 0.4) is 0 Å². The Kier molecular flexibility index (Phi) is 5.32. The van der Waals surface area contributed by atoms with Crippen molar-refractivity contribution in [3.05, 3.63) is 45.4 Å². The minimum atomic E-state index is -3.38. The van der Waals surface area contributed by atoms with E-state index in [1.807, 2.05) is 25.1 Å². The van der Waals surface area contributed by atoms with Crippen LogP contribution in [0, 0.1) is 0 Å². The van der Waals surface area contributed by atoms with Gasteiger partial charge in [0.25, 0.3) is 0 Å². The molecule has 0 bridgehead atoms. The van der Waals surface area contributed by atoms with Crippen LogP contribution in [0.4, 0.5) is 5.69 Å². The van der Waals surface area contributed by atoms with Gasteiger partial charge in [-0.1, -0.05) is 0 Å². The summed E-state index contributed by atoms with van der Waals surface area (Å²) in [5, 5.41) is 0.595. The fraction of sp³-hybridized carbons (Fsp3) is 0.235. The summed E-state index contributed by atoms with van der Waals surface area (Å²) in [5.41, 5.74) is 1.54. The quantitative estimate of drug-likeness (QED) is 0.479. The summed E-state index contributed by atoms with van der Waals surface area (Å²) in [6, 6.07) is 9.37. The molecule has 2 aromatic rings. The van der Waals surface area contributed by atoms with E-state index in [2.05, 4.69) is 30.8 Å². The third-order valence-corrected chi connectivity index (χ3v) is 8.11. The Balaban J connectivity index is 2.18. The molecule has 0 aromatic heterocycles. The van der Waals surface area contributed by atoms with Crippen LogP contribution in [-0.2, 0) is 0 Å². The van der Waals surface area contributed by atoms with Crippen LogP contribution in [-0.4, -0.2) is 32.0 Å². The van der Waals surface area contributed by atoms with Gasteiger partial charge in [0.2, 0.25) is 0 Å². The maximum absolute atomic E-state index is 6.35. The first-order chi connectivity index (χ1) is 11.4. The Labute approximate surface area is 159 Å². The fourth-order valence-corrected chi connectivity index (χ4v) is 7.87. The predicted octanol–water partition coefficient (Wildman–Crippen LogP) is 5.72. The number of para-hydroxylation sites is 1. The van der Waals surface area contributed by atoms with E-state index < -0.39 is 19.2 Å². The summed E-state index contributed by atoms with van der Waals surface area (Å²) >= 11 is 6.30. The average Bonchev–Trinajstić information content (AvgIpc) is 2.55. The van der Waals surface area contributed by atoms with Crippen molar-refractivity contribution < 1.29 is 10.9 Å². The van der Waals surface area contributed by atoms with Gasteiger partial charge in [0.1, 0.15) is 0 Å². The second kappa shape index (κ2) is 7.14. The van der Waals surface area contributed by atoms with Gasteiger partial charge >= 0.3 is 161 Å². The average molecular weight is 517 g/mol. The van der Waals surface area contributed by atoms with E-state index in [1.165, 1.54) is 0 Å². The van der Waals surface area contributed by atoms with Crippen molar-refractivity contribution in [2.24, 2.45) is 4.99 Å². The molecule has 0 unspecified atom stereocenters. The van der Waals surface area contributed by atoms with E-state index >= 15 is 0 Å². The van der Waals surface area contributed by atoms with Crippen LogP contribution in [0.5, 0.6) is 17.2 Å². The summed E-state index contributed by atoms with van der Waals surface area (Å²) in [4.78, 5) is 8.68. The number of fused-ring (bicyclic) bond motifs is 2. The topological polar surface area (TPSA) is 40.0 Å². The molecule has 0 atom stereocenters. The summed E-state index contributed by atoms with van der Waals surface area (Å²) in [5.74, 6) is 2.07. The van der Waals surface area contributed by atoms with E-state index in [0.717, 1.165) is 10.0 Å². The van der Waals surface area contributed by atoms with E-state index in [4.69, 9.17) is 22.5 Å².